The molecule has 0 saturated carbocycles. The van der Waals surface area contributed by atoms with Crippen LogP contribution in [0.1, 0.15) is 38.2 Å². The summed E-state index contributed by atoms with van der Waals surface area (Å²) in [4.78, 5) is 0. The Balaban J connectivity index is 2.52. The van der Waals surface area contributed by atoms with Gasteiger partial charge in [-0.15, -0.1) is 0 Å². The Bertz CT molecular complexity index is 471. The molecule has 0 aliphatic rings. The third-order valence-electron chi connectivity index (χ3n) is 3.12. The van der Waals surface area contributed by atoms with Gasteiger partial charge in [-0.2, -0.15) is 0 Å². The van der Waals surface area contributed by atoms with Crippen LogP contribution in [0.4, 0.5) is 0 Å². The van der Waals surface area contributed by atoms with E-state index in [4.69, 9.17) is 5.11 Å². The van der Waals surface area contributed by atoms with E-state index in [9.17, 15) is 8.42 Å². The van der Waals surface area contributed by atoms with E-state index >= 15 is 0 Å². The highest BCUT2D eigenvalue weighted by Gasteiger charge is 2.15. The average Bonchev–Trinajstić information content (AvgIpc) is 2.37. The van der Waals surface area contributed by atoms with Crippen LogP contribution in [0.5, 0.6) is 0 Å². The second kappa shape index (κ2) is 8.39. The molecule has 2 N–H and O–H groups in total. The number of hydrogen-bond donors (Lipinski definition) is 2. The summed E-state index contributed by atoms with van der Waals surface area (Å²) < 4.78 is 26.2. The van der Waals surface area contributed by atoms with Crippen molar-refractivity contribution < 1.29 is 13.5 Å². The van der Waals surface area contributed by atoms with Crippen LogP contribution in [0.2, 0.25) is 0 Å². The maximum Gasteiger partial charge on any atom is 0.211 e. The Morgan fingerprint density at radius 2 is 1.80 bits per heavy atom. The molecular weight excluding hydrogens is 274 g/mol. The molecule has 114 valence electrons. The lowest BCUT2D eigenvalue weighted by atomic mass is 9.93. The molecule has 0 bridgehead atoms. The van der Waals surface area contributed by atoms with Crippen molar-refractivity contribution >= 4 is 10.0 Å². The van der Waals surface area contributed by atoms with E-state index in [1.807, 2.05) is 44.2 Å². The number of aliphatic hydroxyl groups excluding tert-OH is 1. The molecule has 0 saturated heterocycles. The summed E-state index contributed by atoms with van der Waals surface area (Å²) in [6.07, 6.45) is 1.35. The molecule has 20 heavy (non-hydrogen) atoms. The molecular formula is C15H25NO3S. The molecule has 0 fully saturated rings. The first-order chi connectivity index (χ1) is 9.44. The van der Waals surface area contributed by atoms with E-state index in [0.29, 0.717) is 19.4 Å². The molecule has 0 spiro atoms. The highest BCUT2D eigenvalue weighted by molar-refractivity contribution is 7.89. The van der Waals surface area contributed by atoms with Gasteiger partial charge in [0.25, 0.3) is 0 Å². The van der Waals surface area contributed by atoms with Crippen LogP contribution in [0.25, 0.3) is 0 Å². The molecule has 0 heterocycles. The normalized spacial score (nSPS) is 13.6. The molecule has 0 radical (unpaired) electrons. The maximum absolute atomic E-state index is 11.8. The fourth-order valence-corrected chi connectivity index (χ4v) is 3.67. The molecule has 1 aromatic carbocycles. The molecule has 0 aromatic heterocycles. The van der Waals surface area contributed by atoms with Crippen molar-refractivity contribution in [3.8, 4) is 0 Å². The van der Waals surface area contributed by atoms with Gasteiger partial charge in [-0.25, -0.2) is 13.1 Å². The van der Waals surface area contributed by atoms with Crippen molar-refractivity contribution in [1.29, 1.82) is 0 Å². The second-order valence-electron chi connectivity index (χ2n) is 5.48. The molecule has 1 atom stereocenters. The molecule has 0 aliphatic heterocycles. The van der Waals surface area contributed by atoms with E-state index in [1.165, 1.54) is 0 Å². The van der Waals surface area contributed by atoms with E-state index in [2.05, 4.69) is 4.72 Å². The van der Waals surface area contributed by atoms with Crippen LogP contribution in [0, 0.1) is 5.92 Å². The third kappa shape index (κ3) is 6.50. The maximum atomic E-state index is 11.8. The number of rotatable bonds is 9. The van der Waals surface area contributed by atoms with Gasteiger partial charge in [-0.1, -0.05) is 44.2 Å². The zero-order chi connectivity index (χ0) is 15.0. The summed E-state index contributed by atoms with van der Waals surface area (Å²) in [6, 6.07) is 9.90. The minimum atomic E-state index is -3.19. The quantitative estimate of drug-likeness (QED) is 0.734. The summed E-state index contributed by atoms with van der Waals surface area (Å²) in [7, 11) is -3.19. The lowest BCUT2D eigenvalue weighted by molar-refractivity contribution is 0.273. The topological polar surface area (TPSA) is 66.4 Å². The minimum absolute atomic E-state index is 0.109. The molecule has 4 nitrogen and oxygen atoms in total. The molecule has 1 aromatic rings. The van der Waals surface area contributed by atoms with Crippen LogP contribution < -0.4 is 4.72 Å². The van der Waals surface area contributed by atoms with Crippen LogP contribution in [-0.2, 0) is 10.0 Å². The molecule has 0 amide bonds. The predicted octanol–water partition coefficient (Wildman–Crippen LogP) is 2.12. The Morgan fingerprint density at radius 1 is 1.15 bits per heavy atom. The van der Waals surface area contributed by atoms with Gasteiger partial charge in [0, 0.05) is 13.2 Å². The fraction of sp³-hybridized carbons (Fsp3) is 0.600. The van der Waals surface area contributed by atoms with Gasteiger partial charge >= 0.3 is 0 Å². The van der Waals surface area contributed by atoms with Crippen molar-refractivity contribution in [2.45, 2.75) is 32.6 Å². The summed E-state index contributed by atoms with van der Waals surface area (Å²) in [5.41, 5.74) is 1.14. The van der Waals surface area contributed by atoms with E-state index in [-0.39, 0.29) is 24.2 Å². The Morgan fingerprint density at radius 3 is 2.35 bits per heavy atom. The van der Waals surface area contributed by atoms with Gasteiger partial charge in [0.1, 0.15) is 0 Å². The number of nitrogens with one attached hydrogen (secondary N) is 1. The van der Waals surface area contributed by atoms with Crippen molar-refractivity contribution in [1.82, 2.24) is 4.72 Å². The summed E-state index contributed by atoms with van der Waals surface area (Å²) in [5, 5.41) is 9.14. The average molecular weight is 299 g/mol. The zero-order valence-electron chi connectivity index (χ0n) is 12.2. The summed E-state index contributed by atoms with van der Waals surface area (Å²) >= 11 is 0. The lowest BCUT2D eigenvalue weighted by Gasteiger charge is -2.17. The lowest BCUT2D eigenvalue weighted by Crippen LogP contribution is -2.30. The molecule has 5 heteroatoms. The van der Waals surface area contributed by atoms with E-state index in [1.54, 1.807) is 0 Å². The zero-order valence-corrected chi connectivity index (χ0v) is 13.1. The first-order valence-corrected chi connectivity index (χ1v) is 8.73. The van der Waals surface area contributed by atoms with Crippen LogP contribution in [-0.4, -0.2) is 32.4 Å². The first-order valence-electron chi connectivity index (χ1n) is 7.07. The number of aliphatic hydroxyl groups is 1. The minimum Gasteiger partial charge on any atom is -0.396 e. The van der Waals surface area contributed by atoms with Crippen LogP contribution in [0.15, 0.2) is 30.3 Å². The highest BCUT2D eigenvalue weighted by atomic mass is 32.2. The Labute approximate surface area is 122 Å². The Hall–Kier alpha value is -0.910. The van der Waals surface area contributed by atoms with Gasteiger partial charge < -0.3 is 5.11 Å². The van der Waals surface area contributed by atoms with Crippen molar-refractivity contribution in [2.75, 3.05) is 18.9 Å². The van der Waals surface area contributed by atoms with Crippen LogP contribution in [0.3, 0.4) is 0 Å². The number of benzene rings is 1. The van der Waals surface area contributed by atoms with Crippen molar-refractivity contribution in [3.05, 3.63) is 35.9 Å². The summed E-state index contributed by atoms with van der Waals surface area (Å²) in [5.74, 6) is 0.459. The third-order valence-corrected chi connectivity index (χ3v) is 4.87. The monoisotopic (exact) mass is 299 g/mol. The summed E-state index contributed by atoms with van der Waals surface area (Å²) in [6.45, 7) is 4.29. The van der Waals surface area contributed by atoms with Gasteiger partial charge in [0.2, 0.25) is 10.0 Å². The predicted molar refractivity (Wildman–Crippen MR) is 82.1 cm³/mol. The van der Waals surface area contributed by atoms with Crippen molar-refractivity contribution in [3.63, 3.8) is 0 Å². The molecule has 1 unspecified atom stereocenters. The van der Waals surface area contributed by atoms with Gasteiger partial charge in [-0.05, 0) is 30.2 Å². The smallest absolute Gasteiger partial charge is 0.211 e. The standard InChI is InChI=1S/C15H25NO3S/c1-13(2)12-20(18,19)16-10-8-15(9-11-17)14-6-4-3-5-7-14/h3-7,13,15-17H,8-12H2,1-2H3. The molecule has 0 aliphatic carbocycles. The SMILES string of the molecule is CC(C)CS(=O)(=O)NCCC(CCO)c1ccccc1. The van der Waals surface area contributed by atoms with E-state index in [0.717, 1.165) is 5.56 Å². The van der Waals surface area contributed by atoms with Gasteiger partial charge in [0.15, 0.2) is 0 Å². The van der Waals surface area contributed by atoms with Gasteiger partial charge in [0.05, 0.1) is 5.75 Å². The molecule has 1 rings (SSSR count). The number of sulfonamides is 1. The number of hydrogen-bond acceptors (Lipinski definition) is 3. The first kappa shape index (κ1) is 17.1. The van der Waals surface area contributed by atoms with Crippen LogP contribution >= 0.6 is 0 Å². The second-order valence-corrected chi connectivity index (χ2v) is 7.33. The largest absolute Gasteiger partial charge is 0.396 e. The Kier molecular flexibility index (Phi) is 7.19. The van der Waals surface area contributed by atoms with E-state index < -0.39 is 10.0 Å². The van der Waals surface area contributed by atoms with Crippen molar-refractivity contribution in [2.24, 2.45) is 5.92 Å². The highest BCUT2D eigenvalue weighted by Crippen LogP contribution is 2.22. The van der Waals surface area contributed by atoms with Gasteiger partial charge in [-0.3, -0.25) is 0 Å². The fourth-order valence-electron chi connectivity index (χ4n) is 2.25.